The lowest BCUT2D eigenvalue weighted by Gasteiger charge is -2.35. The van der Waals surface area contributed by atoms with Crippen molar-refractivity contribution in [1.82, 2.24) is 5.01 Å². The van der Waals surface area contributed by atoms with Crippen LogP contribution in [0.5, 0.6) is 5.75 Å². The van der Waals surface area contributed by atoms with Gasteiger partial charge in [0.25, 0.3) is 0 Å². The van der Waals surface area contributed by atoms with E-state index in [0.29, 0.717) is 10.0 Å². The largest absolute Gasteiger partial charge is 0.495 e. The molecule has 132 valence electrons. The second kappa shape index (κ2) is 7.98. The summed E-state index contributed by atoms with van der Waals surface area (Å²) in [6.07, 6.45) is 0. The third-order valence-electron chi connectivity index (χ3n) is 4.29. The normalized spacial score (nSPS) is 15.4. The van der Waals surface area contributed by atoms with E-state index >= 15 is 0 Å². The van der Waals surface area contributed by atoms with Gasteiger partial charge >= 0.3 is 0 Å². The number of hydrogen-bond acceptors (Lipinski definition) is 4. The van der Waals surface area contributed by atoms with E-state index in [1.165, 1.54) is 0 Å². The van der Waals surface area contributed by atoms with Crippen molar-refractivity contribution in [2.45, 2.75) is 6.92 Å². The highest BCUT2D eigenvalue weighted by Gasteiger charge is 2.19. The highest BCUT2D eigenvalue weighted by molar-refractivity contribution is 6.37. The fourth-order valence-electron chi connectivity index (χ4n) is 2.98. The molecule has 1 saturated heterocycles. The summed E-state index contributed by atoms with van der Waals surface area (Å²) in [5, 5.41) is 8.08. The first-order valence-electron chi connectivity index (χ1n) is 8.22. The van der Waals surface area contributed by atoms with Gasteiger partial charge < -0.3 is 9.64 Å². The van der Waals surface area contributed by atoms with Crippen molar-refractivity contribution in [3.63, 3.8) is 0 Å². The smallest absolute Gasteiger partial charge is 0.142 e. The molecule has 3 rings (SSSR count). The summed E-state index contributed by atoms with van der Waals surface area (Å²) < 4.78 is 5.46. The summed E-state index contributed by atoms with van der Waals surface area (Å²) in [4.78, 5) is 2.33. The predicted molar refractivity (Wildman–Crippen MR) is 105 cm³/mol. The summed E-state index contributed by atoms with van der Waals surface area (Å²) in [5.74, 6) is 0.906. The summed E-state index contributed by atoms with van der Waals surface area (Å²) in [6, 6.07) is 13.6. The standard InChI is InChI=1S/C19H21Cl2N3O/c1-14(16-8-7-15(20)13-17(16)21)22-24-11-9-23(10-12-24)18-5-3-4-6-19(18)25-2/h3-8,13H,9-12H2,1-2H3. The minimum absolute atomic E-state index is 0.626. The highest BCUT2D eigenvalue weighted by Crippen LogP contribution is 2.28. The fourth-order valence-corrected chi connectivity index (χ4v) is 3.52. The number of rotatable bonds is 4. The summed E-state index contributed by atoms with van der Waals surface area (Å²) in [7, 11) is 1.71. The van der Waals surface area contributed by atoms with Gasteiger partial charge in [-0.25, -0.2) is 0 Å². The Kier molecular flexibility index (Phi) is 5.71. The molecule has 1 aliphatic heterocycles. The monoisotopic (exact) mass is 377 g/mol. The van der Waals surface area contributed by atoms with Gasteiger partial charge in [-0.2, -0.15) is 5.10 Å². The molecule has 0 atom stereocenters. The van der Waals surface area contributed by atoms with E-state index in [9.17, 15) is 0 Å². The van der Waals surface area contributed by atoms with E-state index < -0.39 is 0 Å². The molecule has 0 unspecified atom stereocenters. The molecule has 0 aliphatic carbocycles. The molecule has 4 nitrogen and oxygen atoms in total. The van der Waals surface area contributed by atoms with Crippen LogP contribution in [-0.2, 0) is 0 Å². The third-order valence-corrected chi connectivity index (χ3v) is 4.84. The van der Waals surface area contributed by atoms with E-state index in [2.05, 4.69) is 16.0 Å². The molecule has 0 spiro atoms. The topological polar surface area (TPSA) is 28.1 Å². The van der Waals surface area contributed by atoms with Crippen LogP contribution in [0.1, 0.15) is 12.5 Å². The van der Waals surface area contributed by atoms with Crippen molar-refractivity contribution in [2.24, 2.45) is 5.10 Å². The maximum Gasteiger partial charge on any atom is 0.142 e. The number of ether oxygens (including phenoxy) is 1. The van der Waals surface area contributed by atoms with Gasteiger partial charge in [-0.15, -0.1) is 0 Å². The number of benzene rings is 2. The molecule has 1 fully saturated rings. The van der Waals surface area contributed by atoms with E-state index in [1.54, 1.807) is 13.2 Å². The molecule has 1 aliphatic rings. The number of halogens is 2. The Morgan fingerprint density at radius 1 is 1.04 bits per heavy atom. The Balaban J connectivity index is 1.68. The molecule has 0 N–H and O–H groups in total. The third kappa shape index (κ3) is 4.20. The van der Waals surface area contributed by atoms with Gasteiger partial charge in [-0.1, -0.05) is 41.4 Å². The zero-order valence-corrected chi connectivity index (χ0v) is 15.9. The molecular weight excluding hydrogens is 357 g/mol. The van der Waals surface area contributed by atoms with E-state index in [4.69, 9.17) is 33.0 Å². The first-order valence-corrected chi connectivity index (χ1v) is 8.97. The van der Waals surface area contributed by atoms with Gasteiger partial charge in [-0.3, -0.25) is 5.01 Å². The Labute approximate surface area is 158 Å². The van der Waals surface area contributed by atoms with Crippen molar-refractivity contribution in [1.29, 1.82) is 0 Å². The Hall–Kier alpha value is -1.91. The van der Waals surface area contributed by atoms with Crippen LogP contribution in [0.25, 0.3) is 0 Å². The molecule has 0 radical (unpaired) electrons. The molecule has 0 saturated carbocycles. The van der Waals surface area contributed by atoms with Crippen LogP contribution in [0.2, 0.25) is 10.0 Å². The number of nitrogens with zero attached hydrogens (tertiary/aromatic N) is 3. The van der Waals surface area contributed by atoms with Crippen LogP contribution in [0.4, 0.5) is 5.69 Å². The van der Waals surface area contributed by atoms with Gasteiger partial charge in [0.2, 0.25) is 0 Å². The minimum Gasteiger partial charge on any atom is -0.495 e. The van der Waals surface area contributed by atoms with Crippen molar-refractivity contribution in [3.8, 4) is 5.75 Å². The van der Waals surface area contributed by atoms with Gasteiger partial charge in [0.15, 0.2) is 0 Å². The second-order valence-corrected chi connectivity index (χ2v) is 6.77. The molecule has 2 aromatic carbocycles. The molecule has 0 amide bonds. The quantitative estimate of drug-likeness (QED) is 0.731. The van der Waals surface area contributed by atoms with Crippen LogP contribution < -0.4 is 9.64 Å². The van der Waals surface area contributed by atoms with Crippen LogP contribution in [0.3, 0.4) is 0 Å². The summed E-state index contributed by atoms with van der Waals surface area (Å²) in [6.45, 7) is 5.46. The number of para-hydroxylation sites is 2. The van der Waals surface area contributed by atoms with Crippen molar-refractivity contribution < 1.29 is 4.74 Å². The lowest BCUT2D eigenvalue weighted by Crippen LogP contribution is -2.44. The van der Waals surface area contributed by atoms with Crippen LogP contribution in [-0.4, -0.2) is 44.0 Å². The number of hydrogen-bond donors (Lipinski definition) is 0. The fraction of sp³-hybridized carbons (Fsp3) is 0.316. The predicted octanol–water partition coefficient (Wildman–Crippen LogP) is 4.55. The summed E-state index contributed by atoms with van der Waals surface area (Å²) >= 11 is 12.2. The van der Waals surface area contributed by atoms with Crippen molar-refractivity contribution in [3.05, 3.63) is 58.1 Å². The number of methoxy groups -OCH3 is 1. The van der Waals surface area contributed by atoms with Gasteiger partial charge in [0, 0.05) is 23.7 Å². The number of anilines is 1. The zero-order valence-electron chi connectivity index (χ0n) is 14.4. The van der Waals surface area contributed by atoms with Crippen LogP contribution >= 0.6 is 23.2 Å². The van der Waals surface area contributed by atoms with E-state index in [-0.39, 0.29) is 0 Å². The van der Waals surface area contributed by atoms with E-state index in [1.807, 2.05) is 37.3 Å². The molecular formula is C19H21Cl2N3O. The van der Waals surface area contributed by atoms with Gasteiger partial charge in [0.1, 0.15) is 5.75 Å². The molecule has 0 aromatic heterocycles. The first-order chi connectivity index (χ1) is 12.1. The zero-order chi connectivity index (χ0) is 17.8. The summed E-state index contributed by atoms with van der Waals surface area (Å²) in [5.41, 5.74) is 2.94. The number of hydrazone groups is 1. The molecule has 0 bridgehead atoms. The average molecular weight is 378 g/mol. The van der Waals surface area contributed by atoms with Crippen LogP contribution in [0, 0.1) is 0 Å². The van der Waals surface area contributed by atoms with Crippen LogP contribution in [0.15, 0.2) is 47.6 Å². The Morgan fingerprint density at radius 3 is 2.44 bits per heavy atom. The van der Waals surface area contributed by atoms with Crippen molar-refractivity contribution in [2.75, 3.05) is 38.2 Å². The van der Waals surface area contributed by atoms with Crippen molar-refractivity contribution >= 4 is 34.6 Å². The minimum atomic E-state index is 0.626. The Morgan fingerprint density at radius 2 is 1.76 bits per heavy atom. The maximum atomic E-state index is 6.27. The van der Waals surface area contributed by atoms with Gasteiger partial charge in [0.05, 0.1) is 36.6 Å². The number of piperazine rings is 1. The lowest BCUT2D eigenvalue weighted by molar-refractivity contribution is 0.269. The molecule has 2 aromatic rings. The maximum absolute atomic E-state index is 6.27. The molecule has 1 heterocycles. The SMILES string of the molecule is COc1ccccc1N1CCN(N=C(C)c2ccc(Cl)cc2Cl)CC1. The average Bonchev–Trinajstić information content (AvgIpc) is 2.62. The molecule has 6 heteroatoms. The highest BCUT2D eigenvalue weighted by atomic mass is 35.5. The molecule has 25 heavy (non-hydrogen) atoms. The van der Waals surface area contributed by atoms with Gasteiger partial charge in [-0.05, 0) is 31.2 Å². The first kappa shape index (κ1) is 17.9. The Bertz CT molecular complexity index is 771. The van der Waals surface area contributed by atoms with E-state index in [0.717, 1.165) is 48.9 Å². The lowest BCUT2D eigenvalue weighted by atomic mass is 10.1. The second-order valence-electron chi connectivity index (χ2n) is 5.92.